The molecule has 0 bridgehead atoms. The summed E-state index contributed by atoms with van der Waals surface area (Å²) >= 11 is 0. The van der Waals surface area contributed by atoms with Gasteiger partial charge in [-0.3, -0.25) is 9.59 Å². The van der Waals surface area contributed by atoms with Gasteiger partial charge in [-0.1, -0.05) is 62.8 Å². The Hall–Kier alpha value is -0.0387. The molecule has 0 aliphatic carbocycles. The van der Waals surface area contributed by atoms with Crippen LogP contribution in [0.2, 0.25) is 103 Å². The van der Waals surface area contributed by atoms with Crippen LogP contribution in [0.15, 0.2) is 0 Å². The van der Waals surface area contributed by atoms with E-state index in [4.69, 9.17) is 33.7 Å². The van der Waals surface area contributed by atoms with Gasteiger partial charge < -0.3 is 44.3 Å². The Kier molecular flexibility index (Phi) is 37.9. The Morgan fingerprint density at radius 3 is 1.17 bits per heavy atom. The van der Waals surface area contributed by atoms with Crippen molar-refractivity contribution in [1.82, 2.24) is 10.6 Å². The average molecular weight is 865 g/mol. The lowest BCUT2D eigenvalue weighted by molar-refractivity contribution is -0.130. The average Bonchev–Trinajstić information content (AvgIpc) is 2.90. The van der Waals surface area contributed by atoms with E-state index in [1.165, 1.54) is 0 Å². The highest BCUT2D eigenvalue weighted by molar-refractivity contribution is 6.89. The molecule has 0 aliphatic heterocycles. The Morgan fingerprint density at radius 2 is 0.868 bits per heavy atom. The van der Waals surface area contributed by atoms with Crippen molar-refractivity contribution in [2.24, 2.45) is 23.1 Å². The summed E-state index contributed by atoms with van der Waals surface area (Å²) in [6.07, 6.45) is 4.76. The normalized spacial score (nSPS) is 12.8. The number of nitrogens with two attached hydrogens (primary N) is 3. The van der Waals surface area contributed by atoms with Gasteiger partial charge in [-0.15, -0.1) is 0 Å². The van der Waals surface area contributed by atoms with Gasteiger partial charge in [-0.25, -0.2) is 0 Å². The van der Waals surface area contributed by atoms with Gasteiger partial charge in [0.1, 0.15) is 0 Å². The summed E-state index contributed by atoms with van der Waals surface area (Å²) < 4.78 is 26.7. The monoisotopic (exact) mass is 864 g/mol. The van der Waals surface area contributed by atoms with Crippen molar-refractivity contribution in [3.05, 3.63) is 0 Å². The molecule has 8 N–H and O–H groups in total. The molecule has 0 aromatic carbocycles. The molecule has 0 spiro atoms. The number of rotatable bonds is 26. The molecule has 0 radical (unpaired) electrons. The quantitative estimate of drug-likeness (QED) is 0.0533. The van der Waals surface area contributed by atoms with Gasteiger partial charge in [0, 0.05) is 38.5 Å². The molecule has 326 valence electrons. The van der Waals surface area contributed by atoms with E-state index in [0.717, 1.165) is 56.4 Å². The maximum Gasteiger partial charge on any atom is 0.317 e. The smallest absolute Gasteiger partial charge is 0.317 e. The Balaban J connectivity index is -0.000000217. The van der Waals surface area contributed by atoms with Gasteiger partial charge in [-0.05, 0) is 122 Å². The van der Waals surface area contributed by atoms with E-state index in [0.29, 0.717) is 32.6 Å². The van der Waals surface area contributed by atoms with Crippen LogP contribution >= 0.6 is 0 Å². The van der Waals surface area contributed by atoms with E-state index in [9.17, 15) is 9.59 Å². The van der Waals surface area contributed by atoms with Crippen LogP contribution in [-0.4, -0.2) is 94.9 Å². The molecule has 17 heteroatoms. The van der Waals surface area contributed by atoms with E-state index in [-0.39, 0.29) is 47.9 Å². The predicted octanol–water partition coefficient (Wildman–Crippen LogP) is 8.91. The maximum absolute atomic E-state index is 12.6. The highest BCUT2D eigenvalue weighted by atomic mass is 28.5. The molecule has 2 amide bonds. The van der Waals surface area contributed by atoms with Gasteiger partial charge in [0.05, 0.1) is 0 Å². The van der Waals surface area contributed by atoms with Crippen molar-refractivity contribution < 1.29 is 26.0 Å². The standard InChI is InChI=1S/C20H48N4O4Si3.C12H33NO2Si3.4CH4/c1-8-15-31(27-29(2,3)4,28-30(5,6)7)16-9-10-18(20(26)24-14-12-22)17-19(25)23-13-11-21;1-8-11-18(12-9-10-13,14-16(2,3)4)15-17(5,6)7;;;;/h18H,8-17,21-22H2,1-7H3,(H,23,25)(H,24,26);8-13H2,1-7H3;4*1H4. The molecule has 0 aliphatic rings. The molecule has 1 atom stereocenters. The van der Waals surface area contributed by atoms with Crippen molar-refractivity contribution in [2.45, 2.75) is 185 Å². The zero-order valence-corrected chi connectivity index (χ0v) is 40.4. The summed E-state index contributed by atoms with van der Waals surface area (Å²) in [4.78, 5) is 24.9. The SMILES string of the molecule is C.C.C.C.CCC[Si](CCCC(CC(=O)NCCN)C(=O)NCCN)(O[Si](C)(C)C)O[Si](C)(C)C.CCC[Si](CCCN)(O[Si](C)(C)C)O[Si](C)(C)C. The fraction of sp³-hybridized carbons (Fsp3) is 0.944. The van der Waals surface area contributed by atoms with E-state index in [2.05, 4.69) is 103 Å². The summed E-state index contributed by atoms with van der Waals surface area (Å²) in [7, 11) is -11.2. The molecule has 11 nitrogen and oxygen atoms in total. The van der Waals surface area contributed by atoms with Crippen LogP contribution in [0.3, 0.4) is 0 Å². The first-order chi connectivity index (χ1) is 22.3. The first-order valence-electron chi connectivity index (χ1n) is 18.8. The zero-order valence-electron chi connectivity index (χ0n) is 34.4. The fourth-order valence-corrected chi connectivity index (χ4v) is 31.6. The molecule has 0 aromatic heterocycles. The second-order valence-corrected chi connectivity index (χ2v) is 42.9. The van der Waals surface area contributed by atoms with E-state index in [1.54, 1.807) is 0 Å². The first-order valence-corrected chi connectivity index (χ1v) is 36.9. The van der Waals surface area contributed by atoms with Crippen molar-refractivity contribution in [3.63, 3.8) is 0 Å². The minimum Gasteiger partial charge on any atom is -0.436 e. The molecule has 0 saturated heterocycles. The van der Waals surface area contributed by atoms with Crippen LogP contribution in [0, 0.1) is 5.92 Å². The number of nitrogens with one attached hydrogen (secondary N) is 2. The van der Waals surface area contributed by atoms with Gasteiger partial charge in [0.2, 0.25) is 11.8 Å². The number of carbonyl (C=O) groups excluding carboxylic acids is 2. The van der Waals surface area contributed by atoms with E-state index in [1.807, 2.05) is 0 Å². The summed E-state index contributed by atoms with van der Waals surface area (Å²) in [6.45, 7) is 33.6. The molecule has 0 rings (SSSR count). The summed E-state index contributed by atoms with van der Waals surface area (Å²) in [5, 5.41) is 5.60. The number of hydrogen-bond acceptors (Lipinski definition) is 9. The van der Waals surface area contributed by atoms with Gasteiger partial charge in [0.25, 0.3) is 0 Å². The number of hydrogen-bond donors (Lipinski definition) is 5. The maximum atomic E-state index is 12.6. The third kappa shape index (κ3) is 36.1. The topological polar surface area (TPSA) is 173 Å². The van der Waals surface area contributed by atoms with Crippen LogP contribution in [0.5, 0.6) is 0 Å². The number of amides is 2. The minimum absolute atomic E-state index is 0. The summed E-state index contributed by atoms with van der Waals surface area (Å²) in [6, 6.07) is 3.98. The summed E-state index contributed by atoms with van der Waals surface area (Å²) in [5.41, 5.74) is 16.7. The highest BCUT2D eigenvalue weighted by Gasteiger charge is 2.44. The molecular weight excluding hydrogens is 767 g/mol. The van der Waals surface area contributed by atoms with Gasteiger partial charge >= 0.3 is 17.1 Å². The van der Waals surface area contributed by atoms with Crippen molar-refractivity contribution in [3.8, 4) is 0 Å². The van der Waals surface area contributed by atoms with Crippen molar-refractivity contribution in [1.29, 1.82) is 0 Å². The molecule has 0 saturated carbocycles. The third-order valence-electron chi connectivity index (χ3n) is 6.82. The molecule has 0 aromatic rings. The summed E-state index contributed by atoms with van der Waals surface area (Å²) in [5.74, 6) is -0.656. The van der Waals surface area contributed by atoms with E-state index < -0.39 is 56.3 Å². The van der Waals surface area contributed by atoms with E-state index >= 15 is 0 Å². The molecule has 1 unspecified atom stereocenters. The Morgan fingerprint density at radius 1 is 0.528 bits per heavy atom. The molecular formula is C36H97N5O6Si6. The van der Waals surface area contributed by atoms with Gasteiger partial charge in [0.15, 0.2) is 33.3 Å². The predicted molar refractivity (Wildman–Crippen MR) is 251 cm³/mol. The molecule has 0 fully saturated rings. The lowest BCUT2D eigenvalue weighted by Gasteiger charge is -2.41. The van der Waals surface area contributed by atoms with Crippen LogP contribution < -0.4 is 27.8 Å². The second-order valence-electron chi connectivity index (χ2n) is 17.1. The number of carbonyl (C=O) groups is 2. The first kappa shape index (κ1) is 64.8. The van der Waals surface area contributed by atoms with Crippen LogP contribution in [0.25, 0.3) is 0 Å². The Bertz CT molecular complexity index is 881. The molecule has 53 heavy (non-hydrogen) atoms. The van der Waals surface area contributed by atoms with Crippen LogP contribution in [-0.2, 0) is 26.0 Å². The minimum atomic E-state index is -2.40. The van der Waals surface area contributed by atoms with Crippen LogP contribution in [0.4, 0.5) is 0 Å². The zero-order chi connectivity index (χ0) is 38.6. The molecule has 0 heterocycles. The second kappa shape index (κ2) is 31.0. The highest BCUT2D eigenvalue weighted by Crippen LogP contribution is 2.32. The largest absolute Gasteiger partial charge is 0.436 e. The van der Waals surface area contributed by atoms with Crippen molar-refractivity contribution in [2.75, 3.05) is 32.7 Å². The van der Waals surface area contributed by atoms with Gasteiger partial charge in [-0.2, -0.15) is 0 Å². The fourth-order valence-electron chi connectivity index (χ4n) is 5.86. The lowest BCUT2D eigenvalue weighted by Crippen LogP contribution is -2.54. The Labute approximate surface area is 338 Å². The van der Waals surface area contributed by atoms with Crippen molar-refractivity contribution >= 4 is 62.2 Å². The lowest BCUT2D eigenvalue weighted by atomic mass is 9.98. The van der Waals surface area contributed by atoms with Crippen LogP contribution in [0.1, 0.15) is 82.1 Å². The third-order valence-corrected chi connectivity index (χ3v) is 27.3.